The second-order valence-corrected chi connectivity index (χ2v) is 7.06. The summed E-state index contributed by atoms with van der Waals surface area (Å²) < 4.78 is 0. The van der Waals surface area contributed by atoms with Crippen molar-refractivity contribution in [3.63, 3.8) is 0 Å². The fraction of sp³-hybridized carbons (Fsp3) is 0.250. The van der Waals surface area contributed by atoms with Gasteiger partial charge in [0.1, 0.15) is 0 Å². The van der Waals surface area contributed by atoms with Gasteiger partial charge in [0.25, 0.3) is 0 Å². The van der Waals surface area contributed by atoms with E-state index in [4.69, 9.17) is 0 Å². The highest BCUT2D eigenvalue weighted by Gasteiger charge is 2.28. The molecular formula is C24H25NO. The number of hydrogen-bond donors (Lipinski definition) is 2. The van der Waals surface area contributed by atoms with Gasteiger partial charge in [-0.15, -0.1) is 0 Å². The third-order valence-corrected chi connectivity index (χ3v) is 5.35. The Morgan fingerprint density at radius 1 is 0.769 bits per heavy atom. The first kappa shape index (κ1) is 17.0. The topological polar surface area (TPSA) is 32.3 Å². The summed E-state index contributed by atoms with van der Waals surface area (Å²) in [6.07, 6.45) is 1.61. The largest absolute Gasteiger partial charge is 0.391 e. The van der Waals surface area contributed by atoms with E-state index in [9.17, 15) is 5.11 Å². The predicted molar refractivity (Wildman–Crippen MR) is 106 cm³/mol. The molecule has 0 spiro atoms. The van der Waals surface area contributed by atoms with Crippen molar-refractivity contribution in [2.24, 2.45) is 0 Å². The molecular weight excluding hydrogens is 318 g/mol. The molecule has 0 amide bonds. The van der Waals surface area contributed by atoms with E-state index in [2.05, 4.69) is 66.0 Å². The van der Waals surface area contributed by atoms with Gasteiger partial charge in [-0.1, -0.05) is 78.9 Å². The average Bonchev–Trinajstić information content (AvgIpc) is 2.85. The van der Waals surface area contributed by atoms with Gasteiger partial charge in [0, 0.05) is 19.0 Å². The van der Waals surface area contributed by atoms with E-state index >= 15 is 0 Å². The van der Waals surface area contributed by atoms with Crippen LogP contribution in [-0.2, 0) is 19.4 Å². The van der Waals surface area contributed by atoms with Crippen LogP contribution < -0.4 is 5.32 Å². The molecule has 3 aromatic carbocycles. The quantitative estimate of drug-likeness (QED) is 0.732. The van der Waals surface area contributed by atoms with Gasteiger partial charge in [-0.05, 0) is 40.7 Å². The first-order chi connectivity index (χ1) is 12.8. The Kier molecular flexibility index (Phi) is 5.14. The number of hydrogen-bond acceptors (Lipinski definition) is 2. The van der Waals surface area contributed by atoms with Crippen molar-refractivity contribution >= 4 is 0 Å². The van der Waals surface area contributed by atoms with Crippen LogP contribution in [0.4, 0.5) is 0 Å². The molecule has 0 saturated heterocycles. The summed E-state index contributed by atoms with van der Waals surface area (Å²) in [5.74, 6) is 0.0215. The lowest BCUT2D eigenvalue weighted by molar-refractivity contribution is 0.153. The molecule has 0 aromatic heterocycles. The summed E-state index contributed by atoms with van der Waals surface area (Å²) >= 11 is 0. The van der Waals surface area contributed by atoms with Crippen molar-refractivity contribution in [1.82, 2.24) is 5.32 Å². The van der Waals surface area contributed by atoms with E-state index in [-0.39, 0.29) is 5.92 Å². The van der Waals surface area contributed by atoms with Gasteiger partial charge in [-0.3, -0.25) is 0 Å². The molecule has 0 bridgehead atoms. The molecule has 2 N–H and O–H groups in total. The molecule has 2 nitrogen and oxygen atoms in total. The Morgan fingerprint density at radius 2 is 1.31 bits per heavy atom. The Bertz CT molecular complexity index is 811. The highest BCUT2D eigenvalue weighted by molar-refractivity contribution is 5.45. The van der Waals surface area contributed by atoms with Crippen molar-refractivity contribution in [3.05, 3.63) is 107 Å². The van der Waals surface area contributed by atoms with E-state index in [0.717, 1.165) is 19.4 Å². The summed E-state index contributed by atoms with van der Waals surface area (Å²) in [7, 11) is 0. The van der Waals surface area contributed by atoms with Crippen molar-refractivity contribution in [1.29, 1.82) is 0 Å². The lowest BCUT2D eigenvalue weighted by Crippen LogP contribution is -2.32. The number of nitrogens with one attached hydrogen (secondary N) is 1. The van der Waals surface area contributed by atoms with Gasteiger partial charge >= 0.3 is 0 Å². The number of benzene rings is 3. The Hall–Kier alpha value is -2.42. The summed E-state index contributed by atoms with van der Waals surface area (Å²) in [5, 5.41) is 14.5. The lowest BCUT2D eigenvalue weighted by Gasteiger charge is -2.26. The monoisotopic (exact) mass is 343 g/mol. The summed E-state index contributed by atoms with van der Waals surface area (Å²) in [4.78, 5) is 0. The molecule has 0 heterocycles. The Balaban J connectivity index is 1.58. The summed E-state index contributed by atoms with van der Waals surface area (Å²) in [5.41, 5.74) is 6.49. The number of rotatable bonds is 5. The van der Waals surface area contributed by atoms with Crippen molar-refractivity contribution < 1.29 is 5.11 Å². The van der Waals surface area contributed by atoms with Crippen molar-refractivity contribution in [3.8, 4) is 0 Å². The molecule has 1 atom stereocenters. The molecule has 1 aliphatic carbocycles. The maximum Gasteiger partial charge on any atom is 0.0773 e. The molecule has 0 saturated carbocycles. The van der Waals surface area contributed by atoms with Crippen LogP contribution in [-0.4, -0.2) is 17.8 Å². The first-order valence-electron chi connectivity index (χ1n) is 9.41. The Morgan fingerprint density at radius 3 is 1.92 bits per heavy atom. The molecule has 132 valence electrons. The van der Waals surface area contributed by atoms with Crippen molar-refractivity contribution in [2.45, 2.75) is 31.4 Å². The molecule has 0 fully saturated rings. The first-order valence-corrected chi connectivity index (χ1v) is 9.41. The fourth-order valence-electron chi connectivity index (χ4n) is 4.06. The van der Waals surface area contributed by atoms with Gasteiger partial charge < -0.3 is 10.4 Å². The highest BCUT2D eigenvalue weighted by Crippen LogP contribution is 2.36. The summed E-state index contributed by atoms with van der Waals surface area (Å²) in [6.45, 7) is 1.34. The van der Waals surface area contributed by atoms with Crippen LogP contribution in [0.25, 0.3) is 0 Å². The molecule has 0 aliphatic heterocycles. The second-order valence-electron chi connectivity index (χ2n) is 7.06. The molecule has 2 heteroatoms. The molecule has 4 rings (SSSR count). The van der Waals surface area contributed by atoms with Crippen LogP contribution in [0.15, 0.2) is 78.9 Å². The predicted octanol–water partition coefficient (Wildman–Crippen LogP) is 4.07. The van der Waals surface area contributed by atoms with Crippen LogP contribution in [0, 0.1) is 0 Å². The number of aryl methyl sites for hydroxylation is 2. The maximum atomic E-state index is 11.1. The van der Waals surface area contributed by atoms with Crippen LogP contribution in [0.3, 0.4) is 0 Å². The van der Waals surface area contributed by atoms with E-state index in [1.165, 1.54) is 27.8 Å². The lowest BCUT2D eigenvalue weighted by atomic mass is 9.84. The van der Waals surface area contributed by atoms with Gasteiger partial charge in [0.15, 0.2) is 0 Å². The second kappa shape index (κ2) is 7.86. The minimum Gasteiger partial charge on any atom is -0.391 e. The molecule has 1 unspecified atom stereocenters. The van der Waals surface area contributed by atoms with E-state index < -0.39 is 6.10 Å². The normalized spacial score (nSPS) is 15.0. The fourth-order valence-corrected chi connectivity index (χ4v) is 4.06. The smallest absolute Gasteiger partial charge is 0.0773 e. The van der Waals surface area contributed by atoms with Gasteiger partial charge in [0.2, 0.25) is 0 Å². The van der Waals surface area contributed by atoms with E-state index in [1.54, 1.807) is 0 Å². The van der Waals surface area contributed by atoms with Gasteiger partial charge in [-0.2, -0.15) is 0 Å². The molecule has 26 heavy (non-hydrogen) atoms. The zero-order valence-corrected chi connectivity index (χ0v) is 14.9. The average molecular weight is 343 g/mol. The highest BCUT2D eigenvalue weighted by atomic mass is 16.3. The van der Waals surface area contributed by atoms with Crippen LogP contribution >= 0.6 is 0 Å². The van der Waals surface area contributed by atoms with Gasteiger partial charge in [-0.25, -0.2) is 0 Å². The zero-order valence-electron chi connectivity index (χ0n) is 14.9. The molecule has 0 radical (unpaired) electrons. The third-order valence-electron chi connectivity index (χ3n) is 5.35. The number of aliphatic hydroxyl groups is 1. The zero-order chi connectivity index (χ0) is 17.8. The third kappa shape index (κ3) is 3.57. The molecule has 1 aliphatic rings. The van der Waals surface area contributed by atoms with Crippen LogP contribution in [0.2, 0.25) is 0 Å². The minimum atomic E-state index is -0.459. The van der Waals surface area contributed by atoms with E-state index in [1.807, 2.05) is 18.2 Å². The number of aliphatic hydroxyl groups excluding tert-OH is 1. The summed E-state index contributed by atoms with van der Waals surface area (Å²) in [6, 6.07) is 27.5. The van der Waals surface area contributed by atoms with Crippen molar-refractivity contribution in [2.75, 3.05) is 6.54 Å². The van der Waals surface area contributed by atoms with Gasteiger partial charge in [0.05, 0.1) is 6.10 Å². The maximum absolute atomic E-state index is 11.1. The standard InChI is InChI=1S/C24H25NO/c26-23(17-25-16-18-8-2-1-3-9-18)24-21-12-6-4-10-19(21)14-15-20-11-5-7-13-22(20)24/h1-13,23-26H,14-17H2. The Labute approximate surface area is 155 Å². The van der Waals surface area contributed by atoms with E-state index in [0.29, 0.717) is 6.54 Å². The van der Waals surface area contributed by atoms with Crippen LogP contribution in [0.1, 0.15) is 33.7 Å². The molecule has 3 aromatic rings. The van der Waals surface area contributed by atoms with Crippen LogP contribution in [0.5, 0.6) is 0 Å². The number of fused-ring (bicyclic) bond motifs is 2. The SMILES string of the molecule is OC(CNCc1ccccc1)C1c2ccccc2CCc2ccccc21. The minimum absolute atomic E-state index is 0.0215.